The molecule has 0 aliphatic carbocycles. The van der Waals surface area contributed by atoms with E-state index in [2.05, 4.69) is 42.2 Å². The van der Waals surface area contributed by atoms with Gasteiger partial charge in [-0.3, -0.25) is 4.90 Å². The van der Waals surface area contributed by atoms with E-state index in [1.165, 1.54) is 4.88 Å². The van der Waals surface area contributed by atoms with E-state index in [-0.39, 0.29) is 0 Å². The molecule has 5 heteroatoms. The molecule has 0 aliphatic heterocycles. The van der Waals surface area contributed by atoms with Crippen LogP contribution in [0.2, 0.25) is 0 Å². The third kappa shape index (κ3) is 4.16. The van der Waals surface area contributed by atoms with Gasteiger partial charge in [-0.25, -0.2) is 4.98 Å². The van der Waals surface area contributed by atoms with Gasteiger partial charge in [-0.2, -0.15) is 0 Å². The lowest BCUT2D eigenvalue weighted by Gasteiger charge is -2.14. The Labute approximate surface area is 118 Å². The van der Waals surface area contributed by atoms with Gasteiger partial charge in [0.1, 0.15) is 11.5 Å². The predicted molar refractivity (Wildman–Crippen MR) is 78.1 cm³/mol. The van der Waals surface area contributed by atoms with Gasteiger partial charge < -0.3 is 9.73 Å². The zero-order valence-electron chi connectivity index (χ0n) is 11.8. The number of rotatable bonds is 7. The minimum absolute atomic E-state index is 0.800. The van der Waals surface area contributed by atoms with Gasteiger partial charge in [0, 0.05) is 11.4 Å². The van der Waals surface area contributed by atoms with Crippen LogP contribution in [0.1, 0.15) is 29.0 Å². The first kappa shape index (κ1) is 14.2. The summed E-state index contributed by atoms with van der Waals surface area (Å²) in [6.07, 6.45) is 0. The van der Waals surface area contributed by atoms with Crippen LogP contribution in [0.3, 0.4) is 0 Å². The van der Waals surface area contributed by atoms with Crippen molar-refractivity contribution in [3.8, 4) is 0 Å². The lowest BCUT2D eigenvalue weighted by molar-refractivity contribution is 0.284. The van der Waals surface area contributed by atoms with Crippen LogP contribution >= 0.6 is 11.3 Å². The van der Waals surface area contributed by atoms with E-state index in [1.807, 2.05) is 11.6 Å². The topological polar surface area (TPSA) is 41.3 Å². The van der Waals surface area contributed by atoms with Gasteiger partial charge in [-0.15, -0.1) is 11.3 Å². The van der Waals surface area contributed by atoms with Crippen LogP contribution in [0.25, 0.3) is 0 Å². The van der Waals surface area contributed by atoms with E-state index < -0.39 is 0 Å². The highest BCUT2D eigenvalue weighted by Crippen LogP contribution is 2.16. The summed E-state index contributed by atoms with van der Waals surface area (Å²) in [4.78, 5) is 7.84. The lowest BCUT2D eigenvalue weighted by Crippen LogP contribution is -2.16. The fourth-order valence-corrected chi connectivity index (χ4v) is 2.75. The molecule has 1 N–H and O–H groups in total. The zero-order valence-corrected chi connectivity index (χ0v) is 12.6. The van der Waals surface area contributed by atoms with E-state index in [4.69, 9.17) is 4.42 Å². The standard InChI is InChI=1S/C14H21N3OS/c1-4-15-7-12-5-6-13(18-12)8-17(3)9-14-11(2)16-10-19-14/h5-6,10,15H,4,7-9H2,1-3H3. The van der Waals surface area contributed by atoms with Gasteiger partial charge >= 0.3 is 0 Å². The molecular formula is C14H21N3OS. The van der Waals surface area contributed by atoms with E-state index in [0.29, 0.717) is 0 Å². The van der Waals surface area contributed by atoms with Gasteiger partial charge in [0.25, 0.3) is 0 Å². The molecule has 2 aromatic rings. The summed E-state index contributed by atoms with van der Waals surface area (Å²) in [5.41, 5.74) is 3.03. The van der Waals surface area contributed by atoms with Crippen molar-refractivity contribution in [1.82, 2.24) is 15.2 Å². The molecule has 0 saturated carbocycles. The molecule has 2 rings (SSSR count). The fraction of sp³-hybridized carbons (Fsp3) is 0.500. The van der Waals surface area contributed by atoms with E-state index in [1.54, 1.807) is 11.3 Å². The molecule has 0 amide bonds. The van der Waals surface area contributed by atoms with Crippen LogP contribution in [0.15, 0.2) is 22.1 Å². The summed E-state index contributed by atoms with van der Waals surface area (Å²) in [7, 11) is 2.10. The SMILES string of the molecule is CCNCc1ccc(CN(C)Cc2scnc2C)o1. The van der Waals surface area contributed by atoms with Crippen molar-refractivity contribution < 1.29 is 4.42 Å². The summed E-state index contributed by atoms with van der Waals surface area (Å²) in [6, 6.07) is 4.10. The smallest absolute Gasteiger partial charge is 0.118 e. The monoisotopic (exact) mass is 279 g/mol. The van der Waals surface area contributed by atoms with Crippen molar-refractivity contribution in [2.45, 2.75) is 33.5 Å². The highest BCUT2D eigenvalue weighted by Gasteiger charge is 2.08. The average Bonchev–Trinajstić information content (AvgIpc) is 2.97. The highest BCUT2D eigenvalue weighted by molar-refractivity contribution is 7.09. The Morgan fingerprint density at radius 1 is 1.32 bits per heavy atom. The second kappa shape index (κ2) is 6.84. The van der Waals surface area contributed by atoms with Crippen molar-refractivity contribution in [2.75, 3.05) is 13.6 Å². The van der Waals surface area contributed by atoms with Crippen LogP contribution in [0.4, 0.5) is 0 Å². The maximum absolute atomic E-state index is 5.79. The molecular weight excluding hydrogens is 258 g/mol. The molecule has 104 valence electrons. The van der Waals surface area contributed by atoms with Crippen molar-refractivity contribution in [2.24, 2.45) is 0 Å². The summed E-state index contributed by atoms with van der Waals surface area (Å²) in [6.45, 7) is 7.65. The molecule has 19 heavy (non-hydrogen) atoms. The summed E-state index contributed by atoms with van der Waals surface area (Å²) >= 11 is 1.71. The third-order valence-electron chi connectivity index (χ3n) is 2.95. The normalized spacial score (nSPS) is 11.4. The Hall–Kier alpha value is -1.17. The van der Waals surface area contributed by atoms with Crippen LogP contribution in [-0.2, 0) is 19.6 Å². The van der Waals surface area contributed by atoms with Gasteiger partial charge in [0.05, 0.1) is 24.3 Å². The fourth-order valence-electron chi connectivity index (χ4n) is 1.90. The molecule has 0 fully saturated rings. The molecule has 0 aliphatic rings. The van der Waals surface area contributed by atoms with Gasteiger partial charge in [0.2, 0.25) is 0 Å². The van der Waals surface area contributed by atoms with Crippen molar-refractivity contribution in [3.05, 3.63) is 39.7 Å². The third-order valence-corrected chi connectivity index (χ3v) is 3.87. The number of aryl methyl sites for hydroxylation is 1. The second-order valence-corrected chi connectivity index (χ2v) is 5.62. The van der Waals surface area contributed by atoms with Crippen LogP contribution < -0.4 is 5.32 Å². The quantitative estimate of drug-likeness (QED) is 0.846. The number of aromatic nitrogens is 1. The van der Waals surface area contributed by atoms with E-state index in [0.717, 1.165) is 43.4 Å². The number of furan rings is 1. The molecule has 0 aromatic carbocycles. The number of hydrogen-bond acceptors (Lipinski definition) is 5. The molecule has 0 unspecified atom stereocenters. The van der Waals surface area contributed by atoms with Gasteiger partial charge in [0.15, 0.2) is 0 Å². The minimum Gasteiger partial charge on any atom is -0.463 e. The Bertz CT molecular complexity index is 506. The van der Waals surface area contributed by atoms with E-state index >= 15 is 0 Å². The van der Waals surface area contributed by atoms with Gasteiger partial charge in [-0.05, 0) is 32.6 Å². The number of nitrogens with zero attached hydrogens (tertiary/aromatic N) is 2. The maximum Gasteiger partial charge on any atom is 0.118 e. The van der Waals surface area contributed by atoms with Crippen LogP contribution in [0.5, 0.6) is 0 Å². The first-order valence-electron chi connectivity index (χ1n) is 6.55. The first-order valence-corrected chi connectivity index (χ1v) is 7.42. The number of thiazole rings is 1. The highest BCUT2D eigenvalue weighted by atomic mass is 32.1. The average molecular weight is 279 g/mol. The Morgan fingerprint density at radius 2 is 2.11 bits per heavy atom. The Kier molecular flexibility index (Phi) is 5.13. The molecule has 0 bridgehead atoms. The number of hydrogen-bond donors (Lipinski definition) is 1. The van der Waals surface area contributed by atoms with Crippen molar-refractivity contribution in [1.29, 1.82) is 0 Å². The second-order valence-electron chi connectivity index (χ2n) is 4.68. The molecule has 0 spiro atoms. The Morgan fingerprint density at radius 3 is 2.79 bits per heavy atom. The lowest BCUT2D eigenvalue weighted by atomic mass is 10.3. The molecule has 2 aromatic heterocycles. The zero-order chi connectivity index (χ0) is 13.7. The van der Waals surface area contributed by atoms with Gasteiger partial charge in [-0.1, -0.05) is 6.92 Å². The van der Waals surface area contributed by atoms with Crippen LogP contribution in [-0.4, -0.2) is 23.5 Å². The largest absolute Gasteiger partial charge is 0.463 e. The summed E-state index contributed by atoms with van der Waals surface area (Å²) in [5.74, 6) is 2.01. The molecule has 2 heterocycles. The molecule has 4 nitrogen and oxygen atoms in total. The molecule has 0 radical (unpaired) electrons. The van der Waals surface area contributed by atoms with Crippen LogP contribution in [0, 0.1) is 6.92 Å². The molecule has 0 saturated heterocycles. The van der Waals surface area contributed by atoms with Crippen molar-refractivity contribution >= 4 is 11.3 Å². The Balaban J connectivity index is 1.86. The predicted octanol–water partition coefficient (Wildman–Crippen LogP) is 2.79. The molecule has 0 atom stereocenters. The summed E-state index contributed by atoms with van der Waals surface area (Å²) in [5, 5.41) is 3.26. The first-order chi connectivity index (χ1) is 9.19. The summed E-state index contributed by atoms with van der Waals surface area (Å²) < 4.78 is 5.79. The van der Waals surface area contributed by atoms with E-state index in [9.17, 15) is 0 Å². The minimum atomic E-state index is 0.800. The van der Waals surface area contributed by atoms with Crippen molar-refractivity contribution in [3.63, 3.8) is 0 Å². The maximum atomic E-state index is 5.79. The number of nitrogens with one attached hydrogen (secondary N) is 1.